The molecule has 0 spiro atoms. The Morgan fingerprint density at radius 2 is 2.00 bits per heavy atom. The quantitative estimate of drug-likeness (QED) is 0.530. The molecule has 0 aliphatic heterocycles. The SMILES string of the molecule is C\C=C/C(=C\C=C(/N)C#N)C(C)C. The molecule has 0 amide bonds. The maximum absolute atomic E-state index is 8.43. The van der Waals surface area contributed by atoms with E-state index in [0.29, 0.717) is 5.92 Å². The Balaban J connectivity index is 4.67. The van der Waals surface area contributed by atoms with Crippen molar-refractivity contribution in [1.82, 2.24) is 0 Å². The Kier molecular flexibility index (Phi) is 5.38. The van der Waals surface area contributed by atoms with Gasteiger partial charge in [-0.1, -0.05) is 32.1 Å². The second kappa shape index (κ2) is 6.07. The second-order valence-corrected chi connectivity index (χ2v) is 3.06. The van der Waals surface area contributed by atoms with Crippen molar-refractivity contribution in [1.29, 1.82) is 5.26 Å². The Morgan fingerprint density at radius 1 is 1.38 bits per heavy atom. The van der Waals surface area contributed by atoms with Gasteiger partial charge >= 0.3 is 0 Å². The van der Waals surface area contributed by atoms with Crippen molar-refractivity contribution in [3.8, 4) is 6.07 Å². The molecule has 0 unspecified atom stereocenters. The highest BCUT2D eigenvalue weighted by atomic mass is 14.6. The fourth-order valence-corrected chi connectivity index (χ4v) is 0.856. The van der Waals surface area contributed by atoms with Crippen molar-refractivity contribution in [3.05, 3.63) is 35.6 Å². The van der Waals surface area contributed by atoms with Crippen molar-refractivity contribution >= 4 is 0 Å². The zero-order valence-electron chi connectivity index (χ0n) is 8.41. The first kappa shape index (κ1) is 11.5. The summed E-state index contributed by atoms with van der Waals surface area (Å²) in [5.41, 5.74) is 6.75. The molecule has 0 heterocycles. The van der Waals surface area contributed by atoms with Crippen molar-refractivity contribution < 1.29 is 0 Å². The molecule has 0 atom stereocenters. The maximum atomic E-state index is 8.43. The molecule has 0 aliphatic carbocycles. The number of allylic oxidation sites excluding steroid dienone is 6. The van der Waals surface area contributed by atoms with Gasteiger partial charge in [-0.05, 0) is 24.5 Å². The lowest BCUT2D eigenvalue weighted by Gasteiger charge is -2.03. The second-order valence-electron chi connectivity index (χ2n) is 3.06. The van der Waals surface area contributed by atoms with Gasteiger partial charge in [0.2, 0.25) is 0 Å². The van der Waals surface area contributed by atoms with E-state index in [4.69, 9.17) is 11.0 Å². The Morgan fingerprint density at radius 3 is 2.38 bits per heavy atom. The summed E-state index contributed by atoms with van der Waals surface area (Å²) in [6.07, 6.45) is 7.51. The minimum atomic E-state index is 0.239. The normalized spacial score (nSPS) is 13.8. The van der Waals surface area contributed by atoms with Crippen molar-refractivity contribution in [2.75, 3.05) is 0 Å². The molecule has 0 aromatic rings. The lowest BCUT2D eigenvalue weighted by molar-refractivity contribution is 0.791. The van der Waals surface area contributed by atoms with Crippen LogP contribution in [0.2, 0.25) is 0 Å². The van der Waals surface area contributed by atoms with Crippen molar-refractivity contribution in [2.24, 2.45) is 11.7 Å². The molecule has 13 heavy (non-hydrogen) atoms. The largest absolute Gasteiger partial charge is 0.390 e. The van der Waals surface area contributed by atoms with Crippen LogP contribution >= 0.6 is 0 Å². The van der Waals surface area contributed by atoms with Crippen LogP contribution in [-0.4, -0.2) is 0 Å². The van der Waals surface area contributed by atoms with E-state index < -0.39 is 0 Å². The number of nitriles is 1. The van der Waals surface area contributed by atoms with Gasteiger partial charge in [0.15, 0.2) is 0 Å². The summed E-state index contributed by atoms with van der Waals surface area (Å²) in [4.78, 5) is 0. The fraction of sp³-hybridized carbons (Fsp3) is 0.364. The van der Waals surface area contributed by atoms with Gasteiger partial charge in [0.1, 0.15) is 11.8 Å². The number of nitrogens with zero attached hydrogens (tertiary/aromatic N) is 1. The monoisotopic (exact) mass is 176 g/mol. The van der Waals surface area contributed by atoms with Crippen molar-refractivity contribution in [3.63, 3.8) is 0 Å². The summed E-state index contributed by atoms with van der Waals surface area (Å²) in [7, 11) is 0. The predicted molar refractivity (Wildman–Crippen MR) is 55.6 cm³/mol. The average molecular weight is 176 g/mol. The third-order valence-corrected chi connectivity index (χ3v) is 1.61. The summed E-state index contributed by atoms with van der Waals surface area (Å²) >= 11 is 0. The van der Waals surface area contributed by atoms with Gasteiger partial charge in [0.25, 0.3) is 0 Å². The lowest BCUT2D eigenvalue weighted by atomic mass is 10.0. The highest BCUT2D eigenvalue weighted by molar-refractivity contribution is 5.30. The zero-order valence-corrected chi connectivity index (χ0v) is 8.41. The molecule has 0 bridgehead atoms. The molecule has 0 aromatic heterocycles. The molecular weight excluding hydrogens is 160 g/mol. The molecule has 70 valence electrons. The van der Waals surface area contributed by atoms with E-state index in [9.17, 15) is 0 Å². The molecule has 0 saturated carbocycles. The van der Waals surface area contributed by atoms with E-state index in [0.717, 1.165) is 0 Å². The van der Waals surface area contributed by atoms with Gasteiger partial charge in [-0.25, -0.2) is 0 Å². The van der Waals surface area contributed by atoms with Crippen LogP contribution in [0.15, 0.2) is 35.6 Å². The molecule has 0 aliphatic rings. The lowest BCUT2D eigenvalue weighted by Crippen LogP contribution is -1.93. The first-order chi connectivity index (χ1) is 6.11. The molecule has 2 nitrogen and oxygen atoms in total. The van der Waals surface area contributed by atoms with E-state index >= 15 is 0 Å². The first-order valence-electron chi connectivity index (χ1n) is 4.32. The van der Waals surface area contributed by atoms with Crippen LogP contribution in [0.5, 0.6) is 0 Å². The first-order valence-corrected chi connectivity index (χ1v) is 4.32. The minimum absolute atomic E-state index is 0.239. The summed E-state index contributed by atoms with van der Waals surface area (Å²) in [6, 6.07) is 1.87. The highest BCUT2D eigenvalue weighted by Gasteiger charge is 1.96. The Bertz CT molecular complexity index is 275. The van der Waals surface area contributed by atoms with Gasteiger partial charge < -0.3 is 5.73 Å². The van der Waals surface area contributed by atoms with Crippen LogP contribution in [0.3, 0.4) is 0 Å². The molecule has 2 heteroatoms. The number of hydrogen-bond donors (Lipinski definition) is 1. The van der Waals surface area contributed by atoms with Crippen LogP contribution in [0.4, 0.5) is 0 Å². The van der Waals surface area contributed by atoms with Crippen LogP contribution < -0.4 is 5.73 Å². The van der Waals surface area contributed by atoms with Gasteiger partial charge in [0.05, 0.1) is 0 Å². The summed E-state index contributed by atoms with van der Waals surface area (Å²) in [6.45, 7) is 6.16. The average Bonchev–Trinajstić information content (AvgIpc) is 2.11. The van der Waals surface area contributed by atoms with E-state index in [1.807, 2.05) is 31.2 Å². The van der Waals surface area contributed by atoms with Crippen LogP contribution in [0.1, 0.15) is 20.8 Å². The molecule has 0 fully saturated rings. The third kappa shape index (κ3) is 4.86. The van der Waals surface area contributed by atoms with Gasteiger partial charge in [-0.3, -0.25) is 0 Å². The van der Waals surface area contributed by atoms with Gasteiger partial charge in [-0.15, -0.1) is 0 Å². The third-order valence-electron chi connectivity index (χ3n) is 1.61. The summed E-state index contributed by atoms with van der Waals surface area (Å²) in [5, 5.41) is 8.43. The van der Waals surface area contributed by atoms with Gasteiger partial charge in [0, 0.05) is 0 Å². The summed E-state index contributed by atoms with van der Waals surface area (Å²) < 4.78 is 0. The van der Waals surface area contributed by atoms with E-state index in [2.05, 4.69) is 13.8 Å². The fourth-order valence-electron chi connectivity index (χ4n) is 0.856. The number of rotatable bonds is 3. The van der Waals surface area contributed by atoms with E-state index in [1.54, 1.807) is 6.08 Å². The van der Waals surface area contributed by atoms with Crippen LogP contribution in [0, 0.1) is 17.2 Å². The maximum Gasteiger partial charge on any atom is 0.117 e. The predicted octanol–water partition coefficient (Wildman–Crippen LogP) is 2.51. The molecule has 0 rings (SSSR count). The van der Waals surface area contributed by atoms with E-state index in [1.165, 1.54) is 5.57 Å². The van der Waals surface area contributed by atoms with Gasteiger partial charge in [-0.2, -0.15) is 5.26 Å². The minimum Gasteiger partial charge on any atom is -0.390 e. The summed E-state index contributed by atoms with van der Waals surface area (Å²) in [5.74, 6) is 0.443. The topological polar surface area (TPSA) is 49.8 Å². The van der Waals surface area contributed by atoms with Crippen LogP contribution in [0.25, 0.3) is 0 Å². The standard InChI is InChI=1S/C11H16N2/c1-4-5-10(9(2)3)6-7-11(13)8-12/h4-7,9H,13H2,1-3H3/b5-4-,10-6+,11-7-. The number of nitrogens with two attached hydrogens (primary N) is 1. The molecular formula is C11H16N2. The molecule has 0 saturated heterocycles. The zero-order chi connectivity index (χ0) is 10.3. The highest BCUT2D eigenvalue weighted by Crippen LogP contribution is 2.11. The van der Waals surface area contributed by atoms with Crippen molar-refractivity contribution in [2.45, 2.75) is 20.8 Å². The molecule has 2 N–H and O–H groups in total. The number of hydrogen-bond acceptors (Lipinski definition) is 2. The van der Waals surface area contributed by atoms with E-state index in [-0.39, 0.29) is 5.70 Å². The Labute approximate surface area is 80.1 Å². The van der Waals surface area contributed by atoms with Crippen LogP contribution in [-0.2, 0) is 0 Å². The Hall–Kier alpha value is -1.49. The smallest absolute Gasteiger partial charge is 0.117 e. The molecule has 0 radical (unpaired) electrons. The molecule has 0 aromatic carbocycles.